The monoisotopic (exact) mass is 176 g/mol. The number of hydrogen-bond acceptors (Lipinski definition) is 3. The van der Waals surface area contributed by atoms with E-state index < -0.39 is 5.97 Å². The normalized spacial score (nSPS) is 15.2. The first-order valence-corrected chi connectivity index (χ1v) is 4.01. The molecule has 0 unspecified atom stereocenters. The van der Waals surface area contributed by atoms with Gasteiger partial charge in [-0.2, -0.15) is 0 Å². The second kappa shape index (κ2) is 2.69. The summed E-state index contributed by atoms with van der Waals surface area (Å²) in [6, 6.07) is 5.22. The van der Waals surface area contributed by atoms with Crippen molar-refractivity contribution in [2.24, 2.45) is 0 Å². The number of fused-ring (bicyclic) bond motifs is 1. The Morgan fingerprint density at radius 2 is 2.08 bits per heavy atom. The van der Waals surface area contributed by atoms with Crippen LogP contribution < -0.4 is 4.74 Å². The third kappa shape index (κ3) is 1.33. The van der Waals surface area contributed by atoms with Gasteiger partial charge in [-0.1, -0.05) is 6.07 Å². The Morgan fingerprint density at radius 1 is 1.31 bits per heavy atom. The van der Waals surface area contributed by atoms with Crippen LogP contribution in [0.4, 0.5) is 0 Å². The Hall–Kier alpha value is -1.64. The van der Waals surface area contributed by atoms with Gasteiger partial charge in [-0.15, -0.1) is 0 Å². The summed E-state index contributed by atoms with van der Waals surface area (Å²) in [6.45, 7) is 1.88. The standard InChI is InChI=1S/C10H8O3/c1-6-2-3-7-8(11)5-10(12)13-9(7)4-6/h2-4H,5H2,1H3. The Kier molecular flexibility index (Phi) is 1.65. The van der Waals surface area contributed by atoms with E-state index in [1.807, 2.05) is 13.0 Å². The van der Waals surface area contributed by atoms with Gasteiger partial charge in [0.1, 0.15) is 12.2 Å². The van der Waals surface area contributed by atoms with Gasteiger partial charge in [-0.3, -0.25) is 9.59 Å². The predicted octanol–water partition coefficient (Wildman–Crippen LogP) is 1.49. The number of carbonyl (C=O) groups is 2. The molecule has 0 spiro atoms. The van der Waals surface area contributed by atoms with E-state index in [1.165, 1.54) is 0 Å². The Morgan fingerprint density at radius 3 is 2.85 bits per heavy atom. The average Bonchev–Trinajstić information content (AvgIpc) is 2.02. The quantitative estimate of drug-likeness (QED) is 0.341. The second-order valence-corrected chi connectivity index (χ2v) is 3.07. The van der Waals surface area contributed by atoms with E-state index in [0.29, 0.717) is 11.3 Å². The van der Waals surface area contributed by atoms with Crippen LogP contribution in [0.5, 0.6) is 5.75 Å². The summed E-state index contributed by atoms with van der Waals surface area (Å²) in [5.74, 6) is -0.240. The molecule has 0 aromatic heterocycles. The van der Waals surface area contributed by atoms with Crippen molar-refractivity contribution < 1.29 is 14.3 Å². The van der Waals surface area contributed by atoms with Gasteiger partial charge in [0.2, 0.25) is 0 Å². The van der Waals surface area contributed by atoms with Crippen molar-refractivity contribution in [1.29, 1.82) is 0 Å². The van der Waals surface area contributed by atoms with Gasteiger partial charge in [-0.05, 0) is 24.6 Å². The first kappa shape index (κ1) is 7.98. The smallest absolute Gasteiger partial charge is 0.319 e. The van der Waals surface area contributed by atoms with Crippen LogP contribution in [0.2, 0.25) is 0 Å². The molecule has 0 saturated heterocycles. The molecular formula is C10H8O3. The van der Waals surface area contributed by atoms with Crippen LogP contribution in [0, 0.1) is 6.92 Å². The lowest BCUT2D eigenvalue weighted by atomic mass is 10.0. The SMILES string of the molecule is Cc1ccc2c(c1)OC(=O)CC2=O. The third-order valence-electron chi connectivity index (χ3n) is 1.97. The maximum atomic E-state index is 11.3. The number of benzene rings is 1. The zero-order valence-corrected chi connectivity index (χ0v) is 7.16. The molecule has 3 heteroatoms. The fraction of sp³-hybridized carbons (Fsp3) is 0.200. The lowest BCUT2D eigenvalue weighted by Crippen LogP contribution is -2.21. The fourth-order valence-electron chi connectivity index (χ4n) is 1.33. The zero-order valence-electron chi connectivity index (χ0n) is 7.16. The van der Waals surface area contributed by atoms with Gasteiger partial charge in [0, 0.05) is 0 Å². The number of ketones is 1. The molecule has 0 aliphatic carbocycles. The van der Waals surface area contributed by atoms with E-state index in [0.717, 1.165) is 5.56 Å². The van der Waals surface area contributed by atoms with E-state index in [-0.39, 0.29) is 12.2 Å². The van der Waals surface area contributed by atoms with Crippen molar-refractivity contribution in [1.82, 2.24) is 0 Å². The van der Waals surface area contributed by atoms with Gasteiger partial charge in [0.05, 0.1) is 5.56 Å². The van der Waals surface area contributed by atoms with Crippen LogP contribution in [0.1, 0.15) is 22.3 Å². The molecule has 1 heterocycles. The Balaban J connectivity index is 2.55. The molecule has 66 valence electrons. The van der Waals surface area contributed by atoms with Crippen LogP contribution in [0.15, 0.2) is 18.2 Å². The molecule has 0 atom stereocenters. The third-order valence-corrected chi connectivity index (χ3v) is 1.97. The van der Waals surface area contributed by atoms with Gasteiger partial charge in [-0.25, -0.2) is 0 Å². The topological polar surface area (TPSA) is 43.4 Å². The summed E-state index contributed by atoms with van der Waals surface area (Å²) < 4.78 is 4.92. The van der Waals surface area contributed by atoms with E-state index in [4.69, 9.17) is 4.74 Å². The van der Waals surface area contributed by atoms with Crippen molar-refractivity contribution >= 4 is 11.8 Å². The predicted molar refractivity (Wildman–Crippen MR) is 45.8 cm³/mol. The highest BCUT2D eigenvalue weighted by molar-refractivity contribution is 6.10. The molecule has 3 nitrogen and oxygen atoms in total. The van der Waals surface area contributed by atoms with Gasteiger partial charge in [0.25, 0.3) is 0 Å². The highest BCUT2D eigenvalue weighted by Gasteiger charge is 2.24. The summed E-state index contributed by atoms with van der Waals surface area (Å²) in [5, 5.41) is 0. The van der Waals surface area contributed by atoms with Crippen molar-refractivity contribution in [3.8, 4) is 5.75 Å². The fourth-order valence-corrected chi connectivity index (χ4v) is 1.33. The minimum absolute atomic E-state index is 0.143. The molecule has 1 aromatic carbocycles. The van der Waals surface area contributed by atoms with Crippen molar-refractivity contribution in [3.05, 3.63) is 29.3 Å². The van der Waals surface area contributed by atoms with Gasteiger partial charge < -0.3 is 4.74 Å². The first-order chi connectivity index (χ1) is 6.16. The number of rotatable bonds is 0. The zero-order chi connectivity index (χ0) is 9.42. The molecule has 2 rings (SSSR count). The van der Waals surface area contributed by atoms with Crippen molar-refractivity contribution in [2.45, 2.75) is 13.3 Å². The molecule has 13 heavy (non-hydrogen) atoms. The minimum atomic E-state index is -0.469. The molecule has 0 amide bonds. The largest absolute Gasteiger partial charge is 0.425 e. The number of aryl methyl sites for hydroxylation is 1. The highest BCUT2D eigenvalue weighted by Crippen LogP contribution is 2.25. The van der Waals surface area contributed by atoms with Crippen LogP contribution >= 0.6 is 0 Å². The van der Waals surface area contributed by atoms with E-state index in [1.54, 1.807) is 12.1 Å². The molecule has 0 radical (unpaired) electrons. The van der Waals surface area contributed by atoms with E-state index >= 15 is 0 Å². The van der Waals surface area contributed by atoms with Crippen LogP contribution in [-0.2, 0) is 4.79 Å². The lowest BCUT2D eigenvalue weighted by Gasteiger charge is -2.14. The van der Waals surface area contributed by atoms with Crippen LogP contribution in [0.3, 0.4) is 0 Å². The summed E-state index contributed by atoms with van der Waals surface area (Å²) in [7, 11) is 0. The Labute approximate surface area is 75.3 Å². The number of Topliss-reactive ketones (excluding diaryl/α,β-unsaturated/α-hetero) is 1. The lowest BCUT2D eigenvalue weighted by molar-refractivity contribution is -0.133. The number of hydrogen-bond donors (Lipinski definition) is 0. The summed E-state index contributed by atoms with van der Waals surface area (Å²) >= 11 is 0. The van der Waals surface area contributed by atoms with Gasteiger partial charge in [0.15, 0.2) is 5.78 Å². The molecular weight excluding hydrogens is 168 g/mol. The highest BCUT2D eigenvalue weighted by atomic mass is 16.5. The maximum Gasteiger partial charge on any atom is 0.319 e. The van der Waals surface area contributed by atoms with Crippen molar-refractivity contribution in [2.75, 3.05) is 0 Å². The van der Waals surface area contributed by atoms with E-state index in [9.17, 15) is 9.59 Å². The molecule has 1 aliphatic rings. The molecule has 0 saturated carbocycles. The number of carbonyl (C=O) groups excluding carboxylic acids is 2. The maximum absolute atomic E-state index is 11.3. The van der Waals surface area contributed by atoms with Gasteiger partial charge >= 0.3 is 5.97 Å². The number of esters is 1. The summed E-state index contributed by atoms with van der Waals surface area (Å²) in [5.41, 5.74) is 1.48. The summed E-state index contributed by atoms with van der Waals surface area (Å²) in [4.78, 5) is 22.2. The Bertz CT molecular complexity index is 393. The molecule has 0 bridgehead atoms. The van der Waals surface area contributed by atoms with E-state index in [2.05, 4.69) is 0 Å². The second-order valence-electron chi connectivity index (χ2n) is 3.07. The van der Waals surface area contributed by atoms with Crippen LogP contribution in [0.25, 0.3) is 0 Å². The van der Waals surface area contributed by atoms with Crippen LogP contribution in [-0.4, -0.2) is 11.8 Å². The first-order valence-electron chi connectivity index (χ1n) is 4.01. The molecule has 1 aliphatic heterocycles. The average molecular weight is 176 g/mol. The molecule has 1 aromatic rings. The minimum Gasteiger partial charge on any atom is -0.425 e. The van der Waals surface area contributed by atoms with Crippen molar-refractivity contribution in [3.63, 3.8) is 0 Å². The molecule has 0 N–H and O–H groups in total. The summed E-state index contributed by atoms with van der Waals surface area (Å²) in [6.07, 6.45) is -0.143. The number of ether oxygens (including phenoxy) is 1. The molecule has 0 fully saturated rings.